The summed E-state index contributed by atoms with van der Waals surface area (Å²) in [5, 5.41) is 2.99. The lowest BCUT2D eigenvalue weighted by atomic mass is 10.0. The minimum atomic E-state index is 0.0935. The number of carbonyl (C=O) groups is 1. The molecule has 1 aromatic rings. The first-order chi connectivity index (χ1) is 8.12. The first kappa shape index (κ1) is 13.7. The molecule has 3 N–H and O–H groups in total. The van der Waals surface area contributed by atoms with Gasteiger partial charge in [-0.1, -0.05) is 26.0 Å². The number of nitrogens with two attached hydrogens (primary N) is 1. The summed E-state index contributed by atoms with van der Waals surface area (Å²) in [4.78, 5) is 12.0. The van der Waals surface area contributed by atoms with Crippen LogP contribution in [0.2, 0.25) is 0 Å². The molecule has 1 amide bonds. The minimum absolute atomic E-state index is 0.0935. The largest absolute Gasteiger partial charge is 0.326 e. The van der Waals surface area contributed by atoms with Crippen LogP contribution in [0.1, 0.15) is 37.8 Å². The van der Waals surface area contributed by atoms with Crippen molar-refractivity contribution in [1.29, 1.82) is 0 Å². The summed E-state index contributed by atoms with van der Waals surface area (Å²) in [6.45, 7) is 6.56. The Balaban J connectivity index is 2.83. The molecular formula is C14H22N2O. The predicted octanol–water partition coefficient (Wildman–Crippen LogP) is 2.83. The average molecular weight is 234 g/mol. The quantitative estimate of drug-likeness (QED) is 0.823. The first-order valence-electron chi connectivity index (χ1n) is 6.22. The summed E-state index contributed by atoms with van der Waals surface area (Å²) in [5.74, 6) is 0.197. The van der Waals surface area contributed by atoms with Gasteiger partial charge in [0.25, 0.3) is 0 Å². The Morgan fingerprint density at radius 2 is 2.00 bits per heavy atom. The van der Waals surface area contributed by atoms with Gasteiger partial charge in [0, 0.05) is 18.2 Å². The topological polar surface area (TPSA) is 55.1 Å². The molecule has 1 rings (SSSR count). The van der Waals surface area contributed by atoms with Crippen LogP contribution in [0.3, 0.4) is 0 Å². The van der Waals surface area contributed by atoms with Gasteiger partial charge in [-0.2, -0.15) is 0 Å². The number of carbonyl (C=O) groups excluding carboxylic acids is 1. The highest BCUT2D eigenvalue weighted by Crippen LogP contribution is 2.19. The number of hydrogen-bond donors (Lipinski definition) is 2. The summed E-state index contributed by atoms with van der Waals surface area (Å²) in [7, 11) is 0. The molecule has 17 heavy (non-hydrogen) atoms. The third-order valence-electron chi connectivity index (χ3n) is 3.15. The maximum Gasteiger partial charge on any atom is 0.227 e. The normalized spacial score (nSPS) is 10.6. The Morgan fingerprint density at radius 3 is 2.53 bits per heavy atom. The Hall–Kier alpha value is -1.35. The van der Waals surface area contributed by atoms with Gasteiger partial charge in [-0.15, -0.1) is 0 Å². The Labute approximate surface area is 103 Å². The van der Waals surface area contributed by atoms with Crippen LogP contribution in [-0.4, -0.2) is 5.91 Å². The van der Waals surface area contributed by atoms with Gasteiger partial charge in [-0.3, -0.25) is 4.79 Å². The third kappa shape index (κ3) is 3.56. The second kappa shape index (κ2) is 6.40. The molecule has 0 atom stereocenters. The molecule has 1 aromatic carbocycles. The van der Waals surface area contributed by atoms with Gasteiger partial charge in [-0.05, 0) is 37.0 Å². The van der Waals surface area contributed by atoms with Crippen LogP contribution in [-0.2, 0) is 11.3 Å². The van der Waals surface area contributed by atoms with Gasteiger partial charge in [0.05, 0.1) is 0 Å². The van der Waals surface area contributed by atoms with Crippen molar-refractivity contribution >= 4 is 11.6 Å². The zero-order valence-corrected chi connectivity index (χ0v) is 10.9. The maximum atomic E-state index is 12.0. The van der Waals surface area contributed by atoms with E-state index < -0.39 is 0 Å². The second-order valence-electron chi connectivity index (χ2n) is 4.36. The van der Waals surface area contributed by atoms with Crippen LogP contribution in [0.4, 0.5) is 5.69 Å². The van der Waals surface area contributed by atoms with Crippen molar-refractivity contribution < 1.29 is 4.79 Å². The zero-order chi connectivity index (χ0) is 12.8. The van der Waals surface area contributed by atoms with Crippen LogP contribution in [0.25, 0.3) is 0 Å². The van der Waals surface area contributed by atoms with Gasteiger partial charge in [0.15, 0.2) is 0 Å². The van der Waals surface area contributed by atoms with Gasteiger partial charge in [-0.25, -0.2) is 0 Å². The fraction of sp³-hybridized carbons (Fsp3) is 0.500. The monoisotopic (exact) mass is 234 g/mol. The van der Waals surface area contributed by atoms with Crippen molar-refractivity contribution in [2.75, 3.05) is 5.32 Å². The van der Waals surface area contributed by atoms with E-state index in [0.29, 0.717) is 6.54 Å². The molecule has 0 aromatic heterocycles. The number of aryl methyl sites for hydroxylation is 1. The van der Waals surface area contributed by atoms with E-state index in [-0.39, 0.29) is 11.8 Å². The number of anilines is 1. The average Bonchev–Trinajstić information content (AvgIpc) is 2.33. The zero-order valence-electron chi connectivity index (χ0n) is 10.9. The first-order valence-corrected chi connectivity index (χ1v) is 6.22. The van der Waals surface area contributed by atoms with E-state index in [9.17, 15) is 4.79 Å². The third-order valence-corrected chi connectivity index (χ3v) is 3.15. The van der Waals surface area contributed by atoms with Crippen molar-refractivity contribution in [3.05, 3.63) is 29.3 Å². The van der Waals surface area contributed by atoms with Crippen LogP contribution in [0, 0.1) is 12.8 Å². The van der Waals surface area contributed by atoms with Crippen LogP contribution >= 0.6 is 0 Å². The molecule has 0 spiro atoms. The van der Waals surface area contributed by atoms with Gasteiger partial charge in [0.2, 0.25) is 5.91 Å². The molecule has 0 saturated heterocycles. The van der Waals surface area contributed by atoms with E-state index in [4.69, 9.17) is 5.73 Å². The van der Waals surface area contributed by atoms with E-state index in [2.05, 4.69) is 5.32 Å². The van der Waals surface area contributed by atoms with Crippen molar-refractivity contribution in [1.82, 2.24) is 0 Å². The molecule has 0 aliphatic rings. The Morgan fingerprint density at radius 1 is 1.35 bits per heavy atom. The fourth-order valence-corrected chi connectivity index (χ4v) is 1.83. The summed E-state index contributed by atoms with van der Waals surface area (Å²) in [6.07, 6.45) is 1.75. The lowest BCUT2D eigenvalue weighted by Gasteiger charge is -2.15. The molecule has 0 saturated carbocycles. The summed E-state index contributed by atoms with van der Waals surface area (Å²) in [6, 6.07) is 5.93. The molecule has 0 bridgehead atoms. The van der Waals surface area contributed by atoms with E-state index in [1.807, 2.05) is 39.0 Å². The van der Waals surface area contributed by atoms with Crippen molar-refractivity contribution in [3.63, 3.8) is 0 Å². The number of benzene rings is 1. The van der Waals surface area contributed by atoms with Crippen molar-refractivity contribution in [3.8, 4) is 0 Å². The predicted molar refractivity (Wildman–Crippen MR) is 71.8 cm³/mol. The van der Waals surface area contributed by atoms with Gasteiger partial charge < -0.3 is 11.1 Å². The molecule has 3 nitrogen and oxygen atoms in total. The molecule has 0 radical (unpaired) electrons. The fourth-order valence-electron chi connectivity index (χ4n) is 1.83. The number of nitrogens with one attached hydrogen (secondary N) is 1. The molecule has 3 heteroatoms. The highest BCUT2D eigenvalue weighted by molar-refractivity contribution is 5.93. The molecule has 0 heterocycles. The Bertz CT molecular complexity index is 384. The smallest absolute Gasteiger partial charge is 0.227 e. The van der Waals surface area contributed by atoms with Crippen LogP contribution in [0.15, 0.2) is 18.2 Å². The molecular weight excluding hydrogens is 212 g/mol. The minimum Gasteiger partial charge on any atom is -0.326 e. The number of rotatable bonds is 5. The highest BCUT2D eigenvalue weighted by atomic mass is 16.1. The number of amides is 1. The second-order valence-corrected chi connectivity index (χ2v) is 4.36. The van der Waals surface area contributed by atoms with E-state index in [1.165, 1.54) is 0 Å². The molecule has 94 valence electrons. The van der Waals surface area contributed by atoms with Crippen LogP contribution in [0.5, 0.6) is 0 Å². The van der Waals surface area contributed by atoms with Gasteiger partial charge in [0.1, 0.15) is 0 Å². The maximum absolute atomic E-state index is 12.0. The SMILES string of the molecule is CCC(CC)C(=O)Nc1cc(CN)ccc1C. The van der Waals surface area contributed by atoms with E-state index in [0.717, 1.165) is 29.7 Å². The molecule has 0 aliphatic heterocycles. The highest BCUT2D eigenvalue weighted by Gasteiger charge is 2.14. The van der Waals surface area contributed by atoms with E-state index in [1.54, 1.807) is 0 Å². The van der Waals surface area contributed by atoms with E-state index >= 15 is 0 Å². The van der Waals surface area contributed by atoms with Gasteiger partial charge >= 0.3 is 0 Å². The molecule has 0 aliphatic carbocycles. The number of hydrogen-bond acceptors (Lipinski definition) is 2. The molecule has 0 fully saturated rings. The van der Waals surface area contributed by atoms with Crippen molar-refractivity contribution in [2.24, 2.45) is 11.7 Å². The van der Waals surface area contributed by atoms with Crippen LogP contribution < -0.4 is 11.1 Å². The lowest BCUT2D eigenvalue weighted by Crippen LogP contribution is -2.22. The molecule has 0 unspecified atom stereocenters. The summed E-state index contributed by atoms with van der Waals surface area (Å²) < 4.78 is 0. The lowest BCUT2D eigenvalue weighted by molar-refractivity contribution is -0.120. The standard InChI is InChI=1S/C14H22N2O/c1-4-12(5-2)14(17)16-13-8-11(9-15)7-6-10(13)3/h6-8,12H,4-5,9,15H2,1-3H3,(H,16,17). The Kier molecular flexibility index (Phi) is 5.16. The van der Waals surface area contributed by atoms with Crippen molar-refractivity contribution in [2.45, 2.75) is 40.2 Å². The summed E-state index contributed by atoms with van der Waals surface area (Å²) in [5.41, 5.74) is 8.59. The summed E-state index contributed by atoms with van der Waals surface area (Å²) >= 11 is 0.